The van der Waals surface area contributed by atoms with Crippen molar-refractivity contribution in [2.75, 3.05) is 5.73 Å². The molecule has 3 rings (SSSR count). The number of aromatic nitrogens is 2. The van der Waals surface area contributed by atoms with Crippen molar-refractivity contribution < 1.29 is 4.74 Å². The molecule has 1 heterocycles. The molecule has 0 bridgehead atoms. The molecule has 4 nitrogen and oxygen atoms in total. The van der Waals surface area contributed by atoms with Gasteiger partial charge in [0.05, 0.1) is 17.5 Å². The van der Waals surface area contributed by atoms with Crippen LogP contribution in [0, 0.1) is 0 Å². The van der Waals surface area contributed by atoms with E-state index in [-0.39, 0.29) is 6.10 Å². The SMILES string of the molecule is CC(C)Oc1ccccc1-c1cc(-c2cccc(N)c2)n[nH]1. The highest BCUT2D eigenvalue weighted by Crippen LogP contribution is 2.31. The maximum Gasteiger partial charge on any atom is 0.129 e. The fourth-order valence-electron chi connectivity index (χ4n) is 2.35. The molecule has 4 heteroatoms. The van der Waals surface area contributed by atoms with E-state index in [1.807, 2.05) is 68.4 Å². The third-order valence-electron chi connectivity index (χ3n) is 3.30. The van der Waals surface area contributed by atoms with Crippen molar-refractivity contribution in [2.24, 2.45) is 0 Å². The molecule has 0 unspecified atom stereocenters. The van der Waals surface area contributed by atoms with E-state index in [9.17, 15) is 0 Å². The van der Waals surface area contributed by atoms with Crippen molar-refractivity contribution in [1.29, 1.82) is 0 Å². The number of anilines is 1. The Hall–Kier alpha value is -2.75. The first kappa shape index (κ1) is 14.2. The average Bonchev–Trinajstić information content (AvgIpc) is 2.97. The van der Waals surface area contributed by atoms with E-state index < -0.39 is 0 Å². The molecule has 0 aliphatic carbocycles. The number of ether oxygens (including phenoxy) is 1. The number of rotatable bonds is 4. The molecule has 0 saturated carbocycles. The Morgan fingerprint density at radius 2 is 1.86 bits per heavy atom. The van der Waals surface area contributed by atoms with Gasteiger partial charge in [0.2, 0.25) is 0 Å². The van der Waals surface area contributed by atoms with E-state index in [0.29, 0.717) is 0 Å². The summed E-state index contributed by atoms with van der Waals surface area (Å²) in [4.78, 5) is 0. The minimum Gasteiger partial charge on any atom is -0.490 e. The Morgan fingerprint density at radius 1 is 1.05 bits per heavy atom. The summed E-state index contributed by atoms with van der Waals surface area (Å²) < 4.78 is 5.87. The van der Waals surface area contributed by atoms with Crippen LogP contribution in [-0.4, -0.2) is 16.3 Å². The van der Waals surface area contributed by atoms with Crippen molar-refractivity contribution >= 4 is 5.69 Å². The van der Waals surface area contributed by atoms with Gasteiger partial charge >= 0.3 is 0 Å². The van der Waals surface area contributed by atoms with E-state index in [1.165, 1.54) is 0 Å². The molecule has 0 amide bonds. The molecule has 0 spiro atoms. The van der Waals surface area contributed by atoms with Crippen LogP contribution in [0.5, 0.6) is 5.75 Å². The smallest absolute Gasteiger partial charge is 0.129 e. The number of nitrogens with zero attached hydrogens (tertiary/aromatic N) is 1. The number of benzene rings is 2. The Kier molecular flexibility index (Phi) is 3.83. The van der Waals surface area contributed by atoms with E-state index in [4.69, 9.17) is 10.5 Å². The highest BCUT2D eigenvalue weighted by atomic mass is 16.5. The molecule has 1 aromatic heterocycles. The summed E-state index contributed by atoms with van der Waals surface area (Å²) in [5.41, 5.74) is 10.3. The van der Waals surface area contributed by atoms with Crippen LogP contribution in [0.1, 0.15) is 13.8 Å². The average molecular weight is 293 g/mol. The minimum atomic E-state index is 0.123. The monoisotopic (exact) mass is 293 g/mol. The van der Waals surface area contributed by atoms with Crippen LogP contribution < -0.4 is 10.5 Å². The van der Waals surface area contributed by atoms with Gasteiger partial charge in [-0.15, -0.1) is 0 Å². The van der Waals surface area contributed by atoms with Crippen molar-refractivity contribution in [3.8, 4) is 28.3 Å². The van der Waals surface area contributed by atoms with E-state index in [0.717, 1.165) is 34.0 Å². The predicted octanol–water partition coefficient (Wildman–Crippen LogP) is 4.11. The van der Waals surface area contributed by atoms with Gasteiger partial charge in [-0.25, -0.2) is 0 Å². The summed E-state index contributed by atoms with van der Waals surface area (Å²) in [6.45, 7) is 4.03. The summed E-state index contributed by atoms with van der Waals surface area (Å²) in [5, 5.41) is 7.47. The molecule has 3 aromatic rings. The second kappa shape index (κ2) is 5.93. The number of hydrogen-bond donors (Lipinski definition) is 2. The minimum absolute atomic E-state index is 0.123. The lowest BCUT2D eigenvalue weighted by atomic mass is 10.1. The number of aromatic amines is 1. The fourth-order valence-corrected chi connectivity index (χ4v) is 2.35. The van der Waals surface area contributed by atoms with Crippen LogP contribution in [0.15, 0.2) is 54.6 Å². The Bertz CT molecular complexity index is 777. The zero-order valence-corrected chi connectivity index (χ0v) is 12.7. The second-order valence-electron chi connectivity index (χ2n) is 5.46. The van der Waals surface area contributed by atoms with Crippen LogP contribution in [0.2, 0.25) is 0 Å². The fraction of sp³-hybridized carbons (Fsp3) is 0.167. The second-order valence-corrected chi connectivity index (χ2v) is 5.46. The quantitative estimate of drug-likeness (QED) is 0.711. The van der Waals surface area contributed by atoms with Crippen molar-refractivity contribution in [2.45, 2.75) is 20.0 Å². The van der Waals surface area contributed by atoms with Gasteiger partial charge in [0.1, 0.15) is 5.75 Å². The van der Waals surface area contributed by atoms with Crippen LogP contribution >= 0.6 is 0 Å². The van der Waals surface area contributed by atoms with Crippen LogP contribution in [0.25, 0.3) is 22.5 Å². The van der Waals surface area contributed by atoms with Crippen LogP contribution in [0.4, 0.5) is 5.69 Å². The Morgan fingerprint density at radius 3 is 2.64 bits per heavy atom. The molecule has 112 valence electrons. The normalized spacial score (nSPS) is 10.9. The van der Waals surface area contributed by atoms with E-state index in [1.54, 1.807) is 0 Å². The summed E-state index contributed by atoms with van der Waals surface area (Å²) in [6, 6.07) is 17.7. The molecular weight excluding hydrogens is 274 g/mol. The number of nitrogens with one attached hydrogen (secondary N) is 1. The lowest BCUT2D eigenvalue weighted by Crippen LogP contribution is -2.06. The first-order chi connectivity index (χ1) is 10.6. The summed E-state index contributed by atoms with van der Waals surface area (Å²) in [6.07, 6.45) is 0.123. The molecule has 0 saturated heterocycles. The molecule has 3 N–H and O–H groups in total. The van der Waals surface area contributed by atoms with Gasteiger partial charge in [0.15, 0.2) is 0 Å². The molecule has 0 radical (unpaired) electrons. The molecule has 0 aliphatic rings. The predicted molar refractivity (Wildman–Crippen MR) is 89.6 cm³/mol. The standard InChI is InChI=1S/C18H19N3O/c1-12(2)22-18-9-4-3-8-15(18)17-11-16(20-21-17)13-6-5-7-14(19)10-13/h3-12H,19H2,1-2H3,(H,20,21). The summed E-state index contributed by atoms with van der Waals surface area (Å²) >= 11 is 0. The largest absolute Gasteiger partial charge is 0.490 e. The number of hydrogen-bond acceptors (Lipinski definition) is 3. The first-order valence-electron chi connectivity index (χ1n) is 7.31. The lowest BCUT2D eigenvalue weighted by molar-refractivity contribution is 0.243. The van der Waals surface area contributed by atoms with Crippen LogP contribution in [0.3, 0.4) is 0 Å². The summed E-state index contributed by atoms with van der Waals surface area (Å²) in [7, 11) is 0. The van der Waals surface area contributed by atoms with Gasteiger partial charge in [-0.2, -0.15) is 5.10 Å². The molecule has 0 fully saturated rings. The van der Waals surface area contributed by atoms with Gasteiger partial charge < -0.3 is 10.5 Å². The number of para-hydroxylation sites is 1. The summed E-state index contributed by atoms with van der Waals surface area (Å²) in [5.74, 6) is 0.847. The Labute approximate surface area is 129 Å². The van der Waals surface area contributed by atoms with Gasteiger partial charge in [0, 0.05) is 16.8 Å². The zero-order chi connectivity index (χ0) is 15.5. The zero-order valence-electron chi connectivity index (χ0n) is 12.7. The van der Waals surface area contributed by atoms with Gasteiger partial charge in [-0.3, -0.25) is 5.10 Å². The topological polar surface area (TPSA) is 63.9 Å². The molecule has 0 aliphatic heterocycles. The highest BCUT2D eigenvalue weighted by molar-refractivity contribution is 5.73. The van der Waals surface area contributed by atoms with Crippen molar-refractivity contribution in [3.63, 3.8) is 0 Å². The number of nitrogens with two attached hydrogens (primary N) is 1. The van der Waals surface area contributed by atoms with E-state index in [2.05, 4.69) is 10.2 Å². The maximum absolute atomic E-state index is 5.87. The molecule has 22 heavy (non-hydrogen) atoms. The first-order valence-corrected chi connectivity index (χ1v) is 7.31. The maximum atomic E-state index is 5.87. The molecule has 2 aromatic carbocycles. The number of H-pyrrole nitrogens is 1. The Balaban J connectivity index is 1.98. The lowest BCUT2D eigenvalue weighted by Gasteiger charge is -2.12. The third-order valence-corrected chi connectivity index (χ3v) is 3.30. The highest BCUT2D eigenvalue weighted by Gasteiger charge is 2.11. The van der Waals surface area contributed by atoms with Crippen molar-refractivity contribution in [3.05, 3.63) is 54.6 Å². The molecule has 0 atom stereocenters. The number of nitrogen functional groups attached to an aromatic ring is 1. The molecular formula is C18H19N3O. The van der Waals surface area contributed by atoms with Crippen molar-refractivity contribution in [1.82, 2.24) is 10.2 Å². The van der Waals surface area contributed by atoms with Gasteiger partial charge in [-0.05, 0) is 44.2 Å². The van der Waals surface area contributed by atoms with Gasteiger partial charge in [0.25, 0.3) is 0 Å². The van der Waals surface area contributed by atoms with Gasteiger partial charge in [-0.1, -0.05) is 24.3 Å². The van der Waals surface area contributed by atoms with E-state index >= 15 is 0 Å². The third kappa shape index (κ3) is 2.96. The van der Waals surface area contributed by atoms with Crippen LogP contribution in [-0.2, 0) is 0 Å².